The smallest absolute Gasteiger partial charge is 0.254 e. The number of piperidine rings is 1. The van der Waals surface area contributed by atoms with Gasteiger partial charge in [0.15, 0.2) is 4.21 Å². The van der Waals surface area contributed by atoms with Gasteiger partial charge in [0.05, 0.1) is 11.2 Å². The molecule has 0 spiro atoms. The SMILES string of the molecule is CNCCC1CCN(S(=O)(=O)c2cnc(C)s2)CC1. The van der Waals surface area contributed by atoms with Gasteiger partial charge in [-0.2, -0.15) is 4.31 Å². The van der Waals surface area contributed by atoms with Crippen LogP contribution in [0.4, 0.5) is 0 Å². The second-order valence-electron chi connectivity index (χ2n) is 4.94. The fourth-order valence-electron chi connectivity index (χ4n) is 2.38. The summed E-state index contributed by atoms with van der Waals surface area (Å²) in [5.74, 6) is 0.641. The molecule has 0 radical (unpaired) electrons. The van der Waals surface area contributed by atoms with Crippen molar-refractivity contribution in [2.75, 3.05) is 26.7 Å². The van der Waals surface area contributed by atoms with Crippen molar-refractivity contribution in [2.45, 2.75) is 30.4 Å². The number of thiazole rings is 1. The van der Waals surface area contributed by atoms with Crippen LogP contribution < -0.4 is 5.32 Å². The molecule has 0 amide bonds. The molecule has 1 fully saturated rings. The van der Waals surface area contributed by atoms with E-state index in [9.17, 15) is 8.42 Å². The predicted molar refractivity (Wildman–Crippen MR) is 76.9 cm³/mol. The molecule has 7 heteroatoms. The number of sulfonamides is 1. The summed E-state index contributed by atoms with van der Waals surface area (Å²) in [6.07, 6.45) is 4.52. The van der Waals surface area contributed by atoms with Crippen LogP contribution in [-0.4, -0.2) is 44.4 Å². The molecule has 0 aliphatic carbocycles. The maximum absolute atomic E-state index is 12.4. The summed E-state index contributed by atoms with van der Waals surface area (Å²) in [7, 11) is -1.36. The van der Waals surface area contributed by atoms with Crippen molar-refractivity contribution in [3.05, 3.63) is 11.2 Å². The molecule has 1 aromatic rings. The van der Waals surface area contributed by atoms with E-state index in [1.807, 2.05) is 14.0 Å². The summed E-state index contributed by atoms with van der Waals surface area (Å²) in [6, 6.07) is 0. The fourth-order valence-corrected chi connectivity index (χ4v) is 5.11. The van der Waals surface area contributed by atoms with Crippen LogP contribution in [0.5, 0.6) is 0 Å². The summed E-state index contributed by atoms with van der Waals surface area (Å²) in [6.45, 7) is 4.10. The van der Waals surface area contributed by atoms with Gasteiger partial charge in [-0.3, -0.25) is 0 Å². The second kappa shape index (κ2) is 6.30. The van der Waals surface area contributed by atoms with Crippen molar-refractivity contribution >= 4 is 21.4 Å². The topological polar surface area (TPSA) is 62.3 Å². The third-order valence-corrected chi connectivity index (χ3v) is 6.82. The van der Waals surface area contributed by atoms with Gasteiger partial charge in [-0.15, -0.1) is 11.3 Å². The summed E-state index contributed by atoms with van der Waals surface area (Å²) in [5, 5.41) is 3.94. The molecule has 1 aliphatic heterocycles. The first-order chi connectivity index (χ1) is 9.04. The Morgan fingerprint density at radius 1 is 1.47 bits per heavy atom. The van der Waals surface area contributed by atoms with Gasteiger partial charge < -0.3 is 5.32 Å². The third-order valence-electron chi connectivity index (χ3n) is 3.57. The van der Waals surface area contributed by atoms with Gasteiger partial charge in [-0.05, 0) is 45.7 Å². The Morgan fingerprint density at radius 3 is 2.68 bits per heavy atom. The van der Waals surface area contributed by atoms with Gasteiger partial charge in [0.25, 0.3) is 10.0 Å². The molecule has 0 bridgehead atoms. The fraction of sp³-hybridized carbons (Fsp3) is 0.750. The Labute approximate surface area is 119 Å². The van der Waals surface area contributed by atoms with Crippen LogP contribution in [0.3, 0.4) is 0 Å². The van der Waals surface area contributed by atoms with Crippen molar-refractivity contribution in [2.24, 2.45) is 5.92 Å². The number of hydrogen-bond acceptors (Lipinski definition) is 5. The van der Waals surface area contributed by atoms with E-state index in [1.54, 1.807) is 4.31 Å². The van der Waals surface area contributed by atoms with E-state index in [-0.39, 0.29) is 0 Å². The summed E-state index contributed by atoms with van der Waals surface area (Å²) < 4.78 is 26.8. The molecule has 1 aliphatic rings. The zero-order chi connectivity index (χ0) is 13.9. The first-order valence-corrected chi connectivity index (χ1v) is 8.87. The highest BCUT2D eigenvalue weighted by Gasteiger charge is 2.30. The van der Waals surface area contributed by atoms with E-state index >= 15 is 0 Å². The molecule has 2 heterocycles. The quantitative estimate of drug-likeness (QED) is 0.894. The zero-order valence-electron chi connectivity index (χ0n) is 11.4. The summed E-state index contributed by atoms with van der Waals surface area (Å²) in [5.41, 5.74) is 0. The van der Waals surface area contributed by atoms with Gasteiger partial charge in [0.2, 0.25) is 0 Å². The number of aromatic nitrogens is 1. The van der Waals surface area contributed by atoms with Crippen LogP contribution in [0, 0.1) is 12.8 Å². The average Bonchev–Trinajstić information content (AvgIpc) is 2.84. The van der Waals surface area contributed by atoms with Gasteiger partial charge in [-0.25, -0.2) is 13.4 Å². The minimum absolute atomic E-state index is 0.374. The van der Waals surface area contributed by atoms with Gasteiger partial charge in [-0.1, -0.05) is 0 Å². The van der Waals surface area contributed by atoms with Crippen LogP contribution in [0.25, 0.3) is 0 Å². The highest BCUT2D eigenvalue weighted by atomic mass is 32.2. The number of nitrogens with one attached hydrogen (secondary N) is 1. The molecular formula is C12H21N3O2S2. The minimum atomic E-state index is -3.31. The van der Waals surface area contributed by atoms with Crippen molar-refractivity contribution < 1.29 is 8.42 Å². The summed E-state index contributed by atoms with van der Waals surface area (Å²) >= 11 is 1.25. The van der Waals surface area contributed by atoms with Gasteiger partial charge in [0.1, 0.15) is 0 Å². The number of rotatable bonds is 5. The third kappa shape index (κ3) is 3.53. The van der Waals surface area contributed by atoms with E-state index in [1.165, 1.54) is 17.5 Å². The highest BCUT2D eigenvalue weighted by molar-refractivity contribution is 7.91. The second-order valence-corrected chi connectivity index (χ2v) is 8.34. The normalized spacial score (nSPS) is 18.8. The molecule has 19 heavy (non-hydrogen) atoms. The highest BCUT2D eigenvalue weighted by Crippen LogP contribution is 2.27. The monoisotopic (exact) mass is 303 g/mol. The van der Waals surface area contributed by atoms with Crippen LogP contribution in [0.15, 0.2) is 10.4 Å². The largest absolute Gasteiger partial charge is 0.320 e. The molecule has 0 saturated carbocycles. The molecule has 2 rings (SSSR count). The van der Waals surface area contributed by atoms with Gasteiger partial charge >= 0.3 is 0 Å². The van der Waals surface area contributed by atoms with Gasteiger partial charge in [0, 0.05) is 13.1 Å². The van der Waals surface area contributed by atoms with E-state index in [4.69, 9.17) is 0 Å². The average molecular weight is 303 g/mol. The maximum Gasteiger partial charge on any atom is 0.254 e. The standard InChI is InChI=1S/C12H21N3O2S2/c1-10-14-9-12(18-10)19(16,17)15-7-4-11(5-8-15)3-6-13-2/h9,11,13H,3-8H2,1-2H3. The van der Waals surface area contributed by atoms with Crippen molar-refractivity contribution in [3.63, 3.8) is 0 Å². The lowest BCUT2D eigenvalue weighted by atomic mass is 9.95. The molecule has 5 nitrogen and oxygen atoms in total. The van der Waals surface area contributed by atoms with E-state index in [0.717, 1.165) is 30.8 Å². The molecule has 0 atom stereocenters. The first kappa shape index (κ1) is 14.9. The Hall–Kier alpha value is -0.500. The van der Waals surface area contributed by atoms with Crippen molar-refractivity contribution in [1.29, 1.82) is 0 Å². The molecule has 1 saturated heterocycles. The minimum Gasteiger partial charge on any atom is -0.320 e. The van der Waals surface area contributed by atoms with E-state index in [2.05, 4.69) is 10.3 Å². The summed E-state index contributed by atoms with van der Waals surface area (Å²) in [4.78, 5) is 4.04. The number of aryl methyl sites for hydroxylation is 1. The number of nitrogens with zero attached hydrogens (tertiary/aromatic N) is 2. The molecule has 0 unspecified atom stereocenters. The first-order valence-electron chi connectivity index (χ1n) is 6.61. The zero-order valence-corrected chi connectivity index (χ0v) is 13.1. The van der Waals surface area contributed by atoms with E-state index in [0.29, 0.717) is 23.2 Å². The van der Waals surface area contributed by atoms with Crippen LogP contribution >= 0.6 is 11.3 Å². The lowest BCUT2D eigenvalue weighted by Crippen LogP contribution is -2.38. The Kier molecular flexibility index (Phi) is 4.94. The lowest BCUT2D eigenvalue weighted by molar-refractivity contribution is 0.263. The molecular weight excluding hydrogens is 282 g/mol. The Bertz CT molecular complexity index is 505. The molecule has 108 valence electrons. The lowest BCUT2D eigenvalue weighted by Gasteiger charge is -2.30. The van der Waals surface area contributed by atoms with Crippen LogP contribution in [0.1, 0.15) is 24.3 Å². The molecule has 0 aromatic carbocycles. The Balaban J connectivity index is 1.97. The number of hydrogen-bond donors (Lipinski definition) is 1. The van der Waals surface area contributed by atoms with Crippen molar-refractivity contribution in [3.8, 4) is 0 Å². The van der Waals surface area contributed by atoms with E-state index < -0.39 is 10.0 Å². The van der Waals surface area contributed by atoms with Crippen molar-refractivity contribution in [1.82, 2.24) is 14.6 Å². The van der Waals surface area contributed by atoms with Crippen LogP contribution in [-0.2, 0) is 10.0 Å². The Morgan fingerprint density at radius 2 is 2.16 bits per heavy atom. The maximum atomic E-state index is 12.4. The van der Waals surface area contributed by atoms with Crippen LogP contribution in [0.2, 0.25) is 0 Å². The molecule has 1 aromatic heterocycles. The molecule has 1 N–H and O–H groups in total. The predicted octanol–water partition coefficient (Wildman–Crippen LogP) is 1.46.